The molecule has 0 unspecified atom stereocenters. The number of hydrogen-bond donors (Lipinski definition) is 2. The molecule has 0 aliphatic rings. The Morgan fingerprint density at radius 2 is 2.47 bits per heavy atom. The quantitative estimate of drug-likeness (QED) is 0.556. The fourth-order valence-corrected chi connectivity index (χ4v) is 0.792. The van der Waals surface area contributed by atoms with Crippen LogP contribution in [0.2, 0.25) is 0 Å². The summed E-state index contributed by atoms with van der Waals surface area (Å²) in [6.07, 6.45) is 0.958. The van der Waals surface area contributed by atoms with Crippen LogP contribution in [-0.2, 0) is 0 Å². The van der Waals surface area contributed by atoms with Gasteiger partial charge < -0.3 is 15.2 Å². The van der Waals surface area contributed by atoms with Gasteiger partial charge in [0.1, 0.15) is 6.73 Å². The minimum absolute atomic E-state index is 0.00935. The van der Waals surface area contributed by atoms with Crippen LogP contribution in [0.25, 0.3) is 0 Å². The third kappa shape index (κ3) is 3.40. The minimum Gasteiger partial charge on any atom is -0.450 e. The molecule has 0 saturated heterocycles. The van der Waals surface area contributed by atoms with E-state index in [0.717, 1.165) is 6.20 Å². The Bertz CT molecular complexity index is 387. The van der Waals surface area contributed by atoms with Crippen LogP contribution in [0.1, 0.15) is 6.92 Å². The van der Waals surface area contributed by atoms with Crippen molar-refractivity contribution in [1.29, 1.82) is 0 Å². The Morgan fingerprint density at radius 3 is 3.13 bits per heavy atom. The van der Waals surface area contributed by atoms with Gasteiger partial charge in [0.25, 0.3) is 0 Å². The van der Waals surface area contributed by atoms with E-state index in [0.29, 0.717) is 0 Å². The Balaban J connectivity index is 2.71. The Labute approximate surface area is 86.3 Å². The molecule has 0 aliphatic carbocycles. The molecule has 15 heavy (non-hydrogen) atoms. The lowest BCUT2D eigenvalue weighted by Crippen LogP contribution is -2.07. The van der Waals surface area contributed by atoms with Gasteiger partial charge in [0, 0.05) is 0 Å². The molecular formula is C9H10FN3O2. The second-order valence-electron chi connectivity index (χ2n) is 2.40. The summed E-state index contributed by atoms with van der Waals surface area (Å²) in [5.41, 5.74) is 0. The Morgan fingerprint density at radius 1 is 1.67 bits per heavy atom. The molecule has 0 bridgehead atoms. The van der Waals surface area contributed by atoms with Gasteiger partial charge >= 0.3 is 6.01 Å². The van der Waals surface area contributed by atoms with Crippen molar-refractivity contribution < 1.29 is 14.2 Å². The summed E-state index contributed by atoms with van der Waals surface area (Å²) in [5, 5.41) is 10.9. The molecule has 80 valence electrons. The molecular weight excluding hydrogens is 201 g/mol. The van der Waals surface area contributed by atoms with Crippen LogP contribution in [0.5, 0.6) is 6.01 Å². The van der Waals surface area contributed by atoms with Gasteiger partial charge in [0.05, 0.1) is 6.20 Å². The summed E-state index contributed by atoms with van der Waals surface area (Å²) < 4.78 is 18.0. The monoisotopic (exact) mass is 211 g/mol. The number of hydrogen-bond acceptors (Lipinski definition) is 5. The van der Waals surface area contributed by atoms with Crippen LogP contribution in [0, 0.1) is 17.7 Å². The molecule has 0 amide bonds. The molecule has 0 atom stereocenters. The van der Waals surface area contributed by atoms with Gasteiger partial charge in [0.2, 0.25) is 0 Å². The SMILES string of the molecule is CC#CCOc1ncc(F)c(NCO)n1. The highest BCUT2D eigenvalue weighted by atomic mass is 19.1. The Kier molecular flexibility index (Phi) is 4.31. The fourth-order valence-electron chi connectivity index (χ4n) is 0.792. The van der Waals surface area contributed by atoms with E-state index >= 15 is 0 Å². The molecule has 0 aliphatic heterocycles. The van der Waals surface area contributed by atoms with Gasteiger partial charge in [-0.2, -0.15) is 4.98 Å². The van der Waals surface area contributed by atoms with E-state index in [9.17, 15) is 4.39 Å². The van der Waals surface area contributed by atoms with Crippen LogP contribution in [0.15, 0.2) is 6.20 Å². The molecule has 0 saturated carbocycles. The second-order valence-corrected chi connectivity index (χ2v) is 2.40. The van der Waals surface area contributed by atoms with Crippen molar-refractivity contribution in [1.82, 2.24) is 9.97 Å². The molecule has 1 aromatic heterocycles. The number of ether oxygens (including phenoxy) is 1. The molecule has 2 N–H and O–H groups in total. The van der Waals surface area contributed by atoms with E-state index in [1.54, 1.807) is 6.92 Å². The van der Waals surface area contributed by atoms with E-state index < -0.39 is 12.5 Å². The van der Waals surface area contributed by atoms with Gasteiger partial charge in [-0.05, 0) is 6.92 Å². The van der Waals surface area contributed by atoms with Crippen molar-refractivity contribution in [2.75, 3.05) is 18.7 Å². The van der Waals surface area contributed by atoms with Gasteiger partial charge in [-0.15, -0.1) is 5.92 Å². The number of anilines is 1. The van der Waals surface area contributed by atoms with Gasteiger partial charge in [-0.3, -0.25) is 0 Å². The first-order valence-electron chi connectivity index (χ1n) is 4.17. The summed E-state index contributed by atoms with van der Waals surface area (Å²) >= 11 is 0. The Hall–Kier alpha value is -1.87. The van der Waals surface area contributed by atoms with Crippen LogP contribution in [0.3, 0.4) is 0 Å². The third-order valence-electron chi connectivity index (χ3n) is 1.42. The minimum atomic E-state index is -0.655. The van der Waals surface area contributed by atoms with E-state index in [4.69, 9.17) is 9.84 Å². The lowest BCUT2D eigenvalue weighted by molar-refractivity contribution is 0.320. The highest BCUT2D eigenvalue weighted by Gasteiger charge is 2.06. The summed E-state index contributed by atoms with van der Waals surface area (Å²) in [6.45, 7) is 1.40. The maximum atomic E-state index is 13.0. The number of halogens is 1. The molecule has 1 rings (SSSR count). The highest BCUT2D eigenvalue weighted by molar-refractivity contribution is 5.35. The maximum Gasteiger partial charge on any atom is 0.319 e. The van der Waals surface area contributed by atoms with Crippen LogP contribution in [-0.4, -0.2) is 28.4 Å². The average molecular weight is 211 g/mol. The van der Waals surface area contributed by atoms with Crippen molar-refractivity contribution >= 4 is 5.82 Å². The standard InChI is InChI=1S/C9H10FN3O2/c1-2-3-4-15-9-11-5-7(10)8(13-9)12-6-14/h5,14H,4,6H2,1H3,(H,11,12,13). The first-order valence-corrected chi connectivity index (χ1v) is 4.17. The lowest BCUT2D eigenvalue weighted by Gasteiger charge is -2.04. The molecule has 0 aromatic carbocycles. The van der Waals surface area contributed by atoms with Crippen molar-refractivity contribution in [3.05, 3.63) is 12.0 Å². The largest absolute Gasteiger partial charge is 0.450 e. The number of nitrogens with one attached hydrogen (secondary N) is 1. The number of aliphatic hydroxyl groups is 1. The predicted molar refractivity (Wildman–Crippen MR) is 51.6 cm³/mol. The topological polar surface area (TPSA) is 67.3 Å². The summed E-state index contributed by atoms with van der Waals surface area (Å²) in [5.74, 6) is 4.52. The van der Waals surface area contributed by atoms with Gasteiger partial charge in [-0.25, -0.2) is 9.37 Å². The second kappa shape index (κ2) is 5.78. The first-order chi connectivity index (χ1) is 7.27. The van der Waals surface area contributed by atoms with E-state index in [2.05, 4.69) is 27.1 Å². The first kappa shape index (κ1) is 11.2. The molecule has 6 heteroatoms. The van der Waals surface area contributed by atoms with Gasteiger partial charge in [-0.1, -0.05) is 5.92 Å². The van der Waals surface area contributed by atoms with Crippen molar-refractivity contribution in [2.45, 2.75) is 6.92 Å². The molecule has 0 fully saturated rings. The third-order valence-corrected chi connectivity index (χ3v) is 1.42. The molecule has 5 nitrogen and oxygen atoms in total. The van der Waals surface area contributed by atoms with Crippen molar-refractivity contribution in [3.63, 3.8) is 0 Å². The smallest absolute Gasteiger partial charge is 0.319 e. The number of nitrogens with zero attached hydrogens (tertiary/aromatic N) is 2. The van der Waals surface area contributed by atoms with Crippen LogP contribution in [0.4, 0.5) is 10.2 Å². The molecule has 0 radical (unpaired) electrons. The molecule has 0 spiro atoms. The zero-order chi connectivity index (χ0) is 11.1. The number of aromatic nitrogens is 2. The van der Waals surface area contributed by atoms with Crippen LogP contribution >= 0.6 is 0 Å². The van der Waals surface area contributed by atoms with E-state index in [-0.39, 0.29) is 18.4 Å². The maximum absolute atomic E-state index is 13.0. The highest BCUT2D eigenvalue weighted by Crippen LogP contribution is 2.12. The molecule has 1 aromatic rings. The zero-order valence-electron chi connectivity index (χ0n) is 8.12. The summed E-state index contributed by atoms with van der Waals surface area (Å²) in [6, 6.07) is 0.00935. The van der Waals surface area contributed by atoms with E-state index in [1.165, 1.54) is 0 Å². The molecule has 1 heterocycles. The fraction of sp³-hybridized carbons (Fsp3) is 0.333. The predicted octanol–water partition coefficient (Wildman–Crippen LogP) is 0.380. The zero-order valence-corrected chi connectivity index (χ0v) is 8.12. The lowest BCUT2D eigenvalue weighted by atomic mass is 10.5. The summed E-state index contributed by atoms with van der Waals surface area (Å²) in [7, 11) is 0. The van der Waals surface area contributed by atoms with Gasteiger partial charge in [0.15, 0.2) is 18.2 Å². The summed E-state index contributed by atoms with van der Waals surface area (Å²) in [4.78, 5) is 7.28. The number of rotatable bonds is 4. The van der Waals surface area contributed by atoms with Crippen molar-refractivity contribution in [3.8, 4) is 17.9 Å². The van der Waals surface area contributed by atoms with E-state index in [1.807, 2.05) is 0 Å². The average Bonchev–Trinajstić information content (AvgIpc) is 2.23. The van der Waals surface area contributed by atoms with Crippen molar-refractivity contribution in [2.24, 2.45) is 0 Å². The van der Waals surface area contributed by atoms with Crippen LogP contribution < -0.4 is 10.1 Å². The number of aliphatic hydroxyl groups excluding tert-OH is 1. The normalized spacial score (nSPS) is 9.00.